The fraction of sp³-hybridized carbons (Fsp3) is 0.269. The minimum absolute atomic E-state index is 0.121. The summed E-state index contributed by atoms with van der Waals surface area (Å²) < 4.78 is 26.2. The lowest BCUT2D eigenvalue weighted by molar-refractivity contribution is 0.0940. The smallest absolute Gasteiger partial charge is 0.251 e. The summed E-state index contributed by atoms with van der Waals surface area (Å²) in [6, 6.07) is 20.5. The molecule has 0 saturated heterocycles. The molecule has 0 saturated carbocycles. The second kappa shape index (κ2) is 9.57. The number of nitrogens with one attached hydrogen (secondary N) is 1. The van der Waals surface area contributed by atoms with Crippen LogP contribution in [0.4, 0.5) is 5.69 Å². The summed E-state index contributed by atoms with van der Waals surface area (Å²) in [5, 5.41) is 3.04. The van der Waals surface area contributed by atoms with E-state index in [-0.39, 0.29) is 18.5 Å². The summed E-state index contributed by atoms with van der Waals surface area (Å²) in [5.41, 5.74) is 6.36. The van der Waals surface area contributed by atoms with Crippen molar-refractivity contribution in [1.29, 1.82) is 0 Å². The van der Waals surface area contributed by atoms with Gasteiger partial charge in [0.25, 0.3) is 5.91 Å². The number of carbonyl (C=O) groups excluding carboxylic acids is 1. The van der Waals surface area contributed by atoms with Crippen LogP contribution >= 0.6 is 0 Å². The van der Waals surface area contributed by atoms with Gasteiger partial charge in [0.1, 0.15) is 0 Å². The molecule has 0 heterocycles. The van der Waals surface area contributed by atoms with Crippen molar-refractivity contribution in [1.82, 2.24) is 5.32 Å². The Morgan fingerprint density at radius 1 is 0.938 bits per heavy atom. The molecule has 1 amide bonds. The van der Waals surface area contributed by atoms with Crippen molar-refractivity contribution in [2.75, 3.05) is 10.6 Å². The number of nitrogens with zero attached hydrogens (tertiary/aromatic N) is 1. The van der Waals surface area contributed by atoms with Crippen molar-refractivity contribution >= 4 is 21.6 Å². The summed E-state index contributed by atoms with van der Waals surface area (Å²) >= 11 is 0. The van der Waals surface area contributed by atoms with E-state index in [1.54, 1.807) is 30.3 Å². The zero-order valence-electron chi connectivity index (χ0n) is 19.2. The van der Waals surface area contributed by atoms with E-state index in [0.717, 1.165) is 22.3 Å². The van der Waals surface area contributed by atoms with Gasteiger partial charge in [-0.25, -0.2) is 8.42 Å². The molecule has 0 radical (unpaired) electrons. The third kappa shape index (κ3) is 5.77. The van der Waals surface area contributed by atoms with Crippen molar-refractivity contribution in [3.63, 3.8) is 0 Å². The largest absolute Gasteiger partial charge is 0.346 e. The Bertz CT molecular complexity index is 1220. The molecule has 0 aromatic heterocycles. The molecule has 1 unspecified atom stereocenters. The van der Waals surface area contributed by atoms with Crippen LogP contribution in [0, 0.1) is 20.8 Å². The highest BCUT2D eigenvalue weighted by Crippen LogP contribution is 2.22. The number of carbonyl (C=O) groups is 1. The normalized spacial score (nSPS) is 12.3. The van der Waals surface area contributed by atoms with Crippen LogP contribution in [0.25, 0.3) is 0 Å². The Morgan fingerprint density at radius 3 is 2.19 bits per heavy atom. The minimum atomic E-state index is -3.46. The van der Waals surface area contributed by atoms with E-state index in [4.69, 9.17) is 0 Å². The topological polar surface area (TPSA) is 66.5 Å². The molecule has 0 bridgehead atoms. The Labute approximate surface area is 191 Å². The number of amides is 1. The monoisotopic (exact) mass is 450 g/mol. The third-order valence-corrected chi connectivity index (χ3v) is 6.61. The van der Waals surface area contributed by atoms with Crippen molar-refractivity contribution in [3.8, 4) is 0 Å². The number of hydrogen-bond donors (Lipinski definition) is 1. The molecule has 0 aliphatic rings. The van der Waals surface area contributed by atoms with Crippen LogP contribution < -0.4 is 9.62 Å². The van der Waals surface area contributed by atoms with Gasteiger partial charge in [0.2, 0.25) is 10.0 Å². The molecule has 0 fully saturated rings. The molecule has 3 rings (SSSR count). The Balaban J connectivity index is 1.74. The molecule has 0 spiro atoms. The van der Waals surface area contributed by atoms with Crippen molar-refractivity contribution in [3.05, 3.63) is 100 Å². The Hall–Kier alpha value is -3.12. The van der Waals surface area contributed by atoms with Crippen molar-refractivity contribution < 1.29 is 13.2 Å². The van der Waals surface area contributed by atoms with Gasteiger partial charge in [-0.2, -0.15) is 0 Å². The SMILES string of the molecule is Cc1cccc(N(Cc2ccc(C(=O)NC(C)c3ccc(C)cc3C)cc2)S(C)(=O)=O)c1. The standard InChI is InChI=1S/C26H30N2O3S/c1-18-7-6-8-24(16-18)28(32(5,30)31)17-22-10-12-23(13-11-22)26(29)27-21(4)25-14-9-19(2)15-20(25)3/h6-16,21H,17H2,1-5H3,(H,27,29). The maximum absolute atomic E-state index is 12.7. The summed E-state index contributed by atoms with van der Waals surface area (Å²) in [6.45, 7) is 8.18. The van der Waals surface area contributed by atoms with Gasteiger partial charge < -0.3 is 5.32 Å². The highest BCUT2D eigenvalue weighted by atomic mass is 32.2. The first-order chi connectivity index (χ1) is 15.0. The van der Waals surface area contributed by atoms with Gasteiger partial charge in [0, 0.05) is 5.56 Å². The molecule has 168 valence electrons. The first-order valence-corrected chi connectivity index (χ1v) is 12.4. The minimum Gasteiger partial charge on any atom is -0.346 e. The van der Waals surface area contributed by atoms with Crippen LogP contribution in [0.2, 0.25) is 0 Å². The number of anilines is 1. The molecule has 0 aliphatic carbocycles. The molecular weight excluding hydrogens is 420 g/mol. The molecule has 1 atom stereocenters. The maximum atomic E-state index is 12.7. The van der Waals surface area contributed by atoms with E-state index >= 15 is 0 Å². The molecule has 3 aromatic rings. The molecule has 0 aliphatic heterocycles. The van der Waals surface area contributed by atoms with E-state index in [9.17, 15) is 13.2 Å². The van der Waals surface area contributed by atoms with Crippen LogP contribution in [0.5, 0.6) is 0 Å². The second-order valence-corrected chi connectivity index (χ2v) is 10.3. The van der Waals surface area contributed by atoms with Crippen LogP contribution in [-0.4, -0.2) is 20.6 Å². The van der Waals surface area contributed by atoms with Gasteiger partial charge in [-0.1, -0.05) is 48.0 Å². The molecule has 3 aromatic carbocycles. The van der Waals surface area contributed by atoms with Gasteiger partial charge in [-0.3, -0.25) is 9.10 Å². The van der Waals surface area contributed by atoms with E-state index < -0.39 is 10.0 Å². The molecule has 6 heteroatoms. The fourth-order valence-corrected chi connectivity index (χ4v) is 4.66. The highest BCUT2D eigenvalue weighted by molar-refractivity contribution is 7.92. The maximum Gasteiger partial charge on any atom is 0.251 e. The zero-order chi connectivity index (χ0) is 23.5. The lowest BCUT2D eigenvalue weighted by atomic mass is 10.00. The van der Waals surface area contributed by atoms with Gasteiger partial charge in [-0.15, -0.1) is 0 Å². The Kier molecular flexibility index (Phi) is 7.04. The number of hydrogen-bond acceptors (Lipinski definition) is 3. The van der Waals surface area contributed by atoms with Gasteiger partial charge in [0.05, 0.1) is 24.5 Å². The zero-order valence-corrected chi connectivity index (χ0v) is 20.0. The number of benzene rings is 3. The van der Waals surface area contributed by atoms with Crippen molar-refractivity contribution in [2.45, 2.75) is 40.3 Å². The van der Waals surface area contributed by atoms with E-state index in [1.165, 1.54) is 16.1 Å². The van der Waals surface area contributed by atoms with Gasteiger partial charge >= 0.3 is 0 Å². The first-order valence-electron chi connectivity index (χ1n) is 10.6. The van der Waals surface area contributed by atoms with Crippen molar-refractivity contribution in [2.24, 2.45) is 0 Å². The van der Waals surface area contributed by atoms with Gasteiger partial charge in [-0.05, 0) is 74.2 Å². The van der Waals surface area contributed by atoms with E-state index in [2.05, 4.69) is 11.4 Å². The average molecular weight is 451 g/mol. The number of rotatable bonds is 7. The summed E-state index contributed by atoms with van der Waals surface area (Å²) in [4.78, 5) is 12.7. The number of aryl methyl sites for hydroxylation is 3. The predicted octanol–water partition coefficient (Wildman–Crippen LogP) is 5.07. The van der Waals surface area contributed by atoms with E-state index in [1.807, 2.05) is 58.0 Å². The second-order valence-electron chi connectivity index (χ2n) is 8.36. The molecular formula is C26H30N2O3S. The van der Waals surface area contributed by atoms with Crippen LogP contribution in [0.15, 0.2) is 66.7 Å². The highest BCUT2D eigenvalue weighted by Gasteiger charge is 2.19. The fourth-order valence-electron chi connectivity index (χ4n) is 3.78. The lowest BCUT2D eigenvalue weighted by Gasteiger charge is -2.23. The summed E-state index contributed by atoms with van der Waals surface area (Å²) in [6.07, 6.45) is 1.20. The quantitative estimate of drug-likeness (QED) is 0.547. The van der Waals surface area contributed by atoms with Crippen LogP contribution in [0.3, 0.4) is 0 Å². The number of sulfonamides is 1. The summed E-state index contributed by atoms with van der Waals surface area (Å²) in [5.74, 6) is -0.164. The average Bonchev–Trinajstić information content (AvgIpc) is 2.71. The lowest BCUT2D eigenvalue weighted by Crippen LogP contribution is -2.29. The predicted molar refractivity (Wildman–Crippen MR) is 130 cm³/mol. The van der Waals surface area contributed by atoms with E-state index in [0.29, 0.717) is 11.3 Å². The first kappa shape index (κ1) is 23.5. The van der Waals surface area contributed by atoms with Gasteiger partial charge in [0.15, 0.2) is 0 Å². The molecule has 5 nitrogen and oxygen atoms in total. The Morgan fingerprint density at radius 2 is 1.59 bits per heavy atom. The van der Waals surface area contributed by atoms with Crippen LogP contribution in [0.1, 0.15) is 51.1 Å². The summed E-state index contributed by atoms with van der Waals surface area (Å²) in [7, 11) is -3.46. The third-order valence-electron chi connectivity index (χ3n) is 5.47. The molecule has 32 heavy (non-hydrogen) atoms. The van der Waals surface area contributed by atoms with Crippen LogP contribution in [-0.2, 0) is 16.6 Å². The molecule has 1 N–H and O–H groups in total.